The third-order valence-corrected chi connectivity index (χ3v) is 4.80. The Morgan fingerprint density at radius 2 is 2.21 bits per heavy atom. The number of piperidine rings is 1. The number of anilines is 1. The van der Waals surface area contributed by atoms with Crippen LogP contribution < -0.4 is 16.1 Å². The number of carbonyl (C=O) groups excluding carboxylic acids is 1. The summed E-state index contributed by atoms with van der Waals surface area (Å²) in [6, 6.07) is 4.03. The normalized spacial score (nSPS) is 28.8. The highest BCUT2D eigenvalue weighted by molar-refractivity contribution is 6.04. The summed E-state index contributed by atoms with van der Waals surface area (Å²) in [7, 11) is 0. The topological polar surface area (TPSA) is 80.0 Å². The van der Waals surface area contributed by atoms with E-state index in [0.717, 1.165) is 12.5 Å². The molecule has 0 aromatic heterocycles. The number of cyclic esters (lactones) is 1. The molecule has 2 atom stereocenters. The number of hydrazone groups is 1. The molecule has 3 aliphatic rings. The van der Waals surface area contributed by atoms with E-state index in [-0.39, 0.29) is 35.0 Å². The van der Waals surface area contributed by atoms with Crippen molar-refractivity contribution >= 4 is 17.5 Å². The monoisotopic (exact) mass is 340 g/mol. The summed E-state index contributed by atoms with van der Waals surface area (Å²) in [5, 5.41) is 3.75. The van der Waals surface area contributed by atoms with Crippen LogP contribution in [0.1, 0.15) is 17.5 Å². The molecule has 4 rings (SSSR count). The fourth-order valence-electron chi connectivity index (χ4n) is 3.39. The number of ether oxygens (including phenoxy) is 1. The molecule has 1 unspecified atom stereocenters. The minimum atomic E-state index is -4.50. The van der Waals surface area contributed by atoms with Crippen molar-refractivity contribution < 1.29 is 22.7 Å². The number of carbonyl (C=O) groups is 1. The molecule has 1 saturated carbocycles. The Kier molecular flexibility index (Phi) is 3.08. The second-order valence-corrected chi connectivity index (χ2v) is 6.49. The van der Waals surface area contributed by atoms with Crippen LogP contribution in [-0.4, -0.2) is 37.0 Å². The summed E-state index contributed by atoms with van der Waals surface area (Å²) in [6.45, 7) is 0.805. The maximum absolute atomic E-state index is 13.5. The molecule has 1 aromatic carbocycles. The smallest absolute Gasteiger partial charge is 0.428 e. The average molecular weight is 340 g/mol. The molecule has 128 valence electrons. The van der Waals surface area contributed by atoms with Gasteiger partial charge in [-0.25, -0.2) is 10.2 Å². The molecule has 0 spiro atoms. The fraction of sp³-hybridized carbons (Fsp3) is 0.467. The maximum Gasteiger partial charge on any atom is 0.428 e. The van der Waals surface area contributed by atoms with Crippen LogP contribution >= 0.6 is 0 Å². The molecule has 6 nitrogen and oxygen atoms in total. The molecule has 3 N–H and O–H groups in total. The van der Waals surface area contributed by atoms with Gasteiger partial charge in [0, 0.05) is 29.9 Å². The van der Waals surface area contributed by atoms with Gasteiger partial charge >= 0.3 is 12.3 Å². The number of alkyl halides is 3. The highest BCUT2D eigenvalue weighted by Gasteiger charge is 2.57. The number of fused-ring (bicyclic) bond motifs is 1. The Labute approximate surface area is 135 Å². The first-order valence-electron chi connectivity index (χ1n) is 7.51. The minimum Gasteiger partial charge on any atom is -0.442 e. The van der Waals surface area contributed by atoms with E-state index in [1.165, 1.54) is 6.07 Å². The van der Waals surface area contributed by atoms with Gasteiger partial charge in [-0.1, -0.05) is 6.07 Å². The van der Waals surface area contributed by atoms with Gasteiger partial charge in [-0.3, -0.25) is 0 Å². The number of halogens is 3. The molecule has 1 aliphatic carbocycles. The van der Waals surface area contributed by atoms with Crippen LogP contribution in [0, 0.1) is 5.92 Å². The van der Waals surface area contributed by atoms with Crippen molar-refractivity contribution in [2.24, 2.45) is 16.8 Å². The highest BCUT2D eigenvalue weighted by atomic mass is 19.4. The Morgan fingerprint density at radius 1 is 1.42 bits per heavy atom. The number of hydrogen-bond acceptors (Lipinski definition) is 5. The molecule has 2 aliphatic heterocycles. The zero-order valence-corrected chi connectivity index (χ0v) is 12.6. The average Bonchev–Trinajstić information content (AvgIpc) is 3.04. The first kappa shape index (κ1) is 15.3. The van der Waals surface area contributed by atoms with Gasteiger partial charge in [-0.15, -0.1) is 0 Å². The molecule has 0 radical (unpaired) electrons. The zero-order chi connectivity index (χ0) is 17.1. The Balaban J connectivity index is 1.69. The van der Waals surface area contributed by atoms with Crippen LogP contribution in [0.2, 0.25) is 0 Å². The predicted molar refractivity (Wildman–Crippen MR) is 79.7 cm³/mol. The first-order chi connectivity index (χ1) is 11.3. The first-order valence-corrected chi connectivity index (χ1v) is 7.51. The number of nitrogens with zero attached hydrogens (tertiary/aromatic N) is 2. The predicted octanol–water partition coefficient (Wildman–Crippen LogP) is 1.69. The molecule has 2 fully saturated rings. The minimum absolute atomic E-state index is 0.129. The summed E-state index contributed by atoms with van der Waals surface area (Å²) in [5.41, 5.74) is 7.75. The van der Waals surface area contributed by atoms with Gasteiger partial charge in [0.05, 0.1) is 5.56 Å². The third kappa shape index (κ3) is 2.48. The Morgan fingerprint density at radius 3 is 2.79 bits per heavy atom. The van der Waals surface area contributed by atoms with Gasteiger partial charge in [0.1, 0.15) is 12.3 Å². The lowest BCUT2D eigenvalue weighted by Gasteiger charge is -2.26. The van der Waals surface area contributed by atoms with Crippen LogP contribution in [0.25, 0.3) is 0 Å². The Hall–Kier alpha value is -2.29. The lowest BCUT2D eigenvalue weighted by atomic mass is 10.0. The van der Waals surface area contributed by atoms with Gasteiger partial charge in [0.2, 0.25) is 0 Å². The van der Waals surface area contributed by atoms with Gasteiger partial charge < -0.3 is 15.4 Å². The van der Waals surface area contributed by atoms with Crippen LogP contribution in [-0.2, 0) is 10.9 Å². The number of nitrogens with two attached hydrogens (primary N) is 1. The van der Waals surface area contributed by atoms with Gasteiger partial charge in [-0.05, 0) is 24.5 Å². The third-order valence-electron chi connectivity index (χ3n) is 4.80. The van der Waals surface area contributed by atoms with Gasteiger partial charge in [0.15, 0.2) is 0 Å². The molecule has 9 heteroatoms. The van der Waals surface area contributed by atoms with Crippen molar-refractivity contribution in [1.29, 1.82) is 0 Å². The number of benzene rings is 1. The van der Waals surface area contributed by atoms with Crippen molar-refractivity contribution in [3.63, 3.8) is 0 Å². The van der Waals surface area contributed by atoms with Gasteiger partial charge in [0.25, 0.3) is 0 Å². The molecule has 1 aromatic rings. The second kappa shape index (κ2) is 4.85. The largest absolute Gasteiger partial charge is 0.442 e. The second-order valence-electron chi connectivity index (χ2n) is 6.49. The zero-order valence-electron chi connectivity index (χ0n) is 12.6. The van der Waals surface area contributed by atoms with E-state index in [4.69, 9.17) is 10.5 Å². The van der Waals surface area contributed by atoms with E-state index in [1.54, 1.807) is 11.0 Å². The highest BCUT2D eigenvalue weighted by Crippen LogP contribution is 2.50. The van der Waals surface area contributed by atoms with E-state index < -0.39 is 17.8 Å². The summed E-state index contributed by atoms with van der Waals surface area (Å²) in [5.74, 6) is 0.268. The quantitative estimate of drug-likeness (QED) is 0.859. The van der Waals surface area contributed by atoms with E-state index in [0.29, 0.717) is 13.1 Å². The Bertz CT molecular complexity index is 749. The summed E-state index contributed by atoms with van der Waals surface area (Å²) < 4.78 is 45.3. The summed E-state index contributed by atoms with van der Waals surface area (Å²) >= 11 is 0. The molecular formula is C15H15F3N4O2. The van der Waals surface area contributed by atoms with Crippen molar-refractivity contribution in [2.75, 3.05) is 24.6 Å². The molecular weight excluding hydrogens is 325 g/mol. The van der Waals surface area contributed by atoms with Crippen molar-refractivity contribution in [2.45, 2.75) is 18.1 Å². The SMILES string of the molecule is N[C@]12CC1CN(c1ccc(C3=NNC(=O)OC3)cc1C(F)(F)F)C2. The van der Waals surface area contributed by atoms with Crippen molar-refractivity contribution in [3.05, 3.63) is 29.3 Å². The molecule has 0 bridgehead atoms. The van der Waals surface area contributed by atoms with E-state index in [9.17, 15) is 18.0 Å². The van der Waals surface area contributed by atoms with Crippen molar-refractivity contribution in [1.82, 2.24) is 5.43 Å². The van der Waals surface area contributed by atoms with Gasteiger partial charge in [-0.2, -0.15) is 18.3 Å². The number of amides is 1. The number of nitrogens with one attached hydrogen (secondary N) is 1. The van der Waals surface area contributed by atoms with Crippen LogP contribution in [0.5, 0.6) is 0 Å². The number of rotatable bonds is 2. The lowest BCUT2D eigenvalue weighted by Crippen LogP contribution is -2.34. The molecule has 1 amide bonds. The van der Waals surface area contributed by atoms with E-state index >= 15 is 0 Å². The lowest BCUT2D eigenvalue weighted by molar-refractivity contribution is -0.137. The molecule has 1 saturated heterocycles. The molecule has 2 heterocycles. The standard InChI is InChI=1S/C15H15F3N4O2/c16-15(17,18)10-3-8(11-6-24-13(23)21-20-11)1-2-12(10)22-5-9-4-14(9,19)7-22/h1-3,9H,4-7,19H2,(H,21,23)/t9?,14-/m0/s1. The number of hydrogen-bond donors (Lipinski definition) is 2. The van der Waals surface area contributed by atoms with Crippen LogP contribution in [0.3, 0.4) is 0 Å². The summed E-state index contributed by atoms with van der Waals surface area (Å²) in [4.78, 5) is 12.6. The van der Waals surface area contributed by atoms with Crippen LogP contribution in [0.15, 0.2) is 23.3 Å². The van der Waals surface area contributed by atoms with E-state index in [2.05, 4.69) is 10.5 Å². The summed E-state index contributed by atoms with van der Waals surface area (Å²) in [6.07, 6.45) is -4.35. The molecule has 24 heavy (non-hydrogen) atoms. The van der Waals surface area contributed by atoms with E-state index in [1.807, 2.05) is 0 Å². The fourth-order valence-corrected chi connectivity index (χ4v) is 3.39. The van der Waals surface area contributed by atoms with Crippen molar-refractivity contribution in [3.8, 4) is 0 Å². The van der Waals surface area contributed by atoms with Crippen LogP contribution in [0.4, 0.5) is 23.7 Å². The maximum atomic E-state index is 13.5.